The lowest BCUT2D eigenvalue weighted by Crippen LogP contribution is -1.77. The summed E-state index contributed by atoms with van der Waals surface area (Å²) < 4.78 is 0.557. The smallest absolute Gasteiger partial charge is 0.105 e. The molecule has 0 unspecified atom stereocenters. The number of nitrogens with zero attached hydrogens (tertiary/aromatic N) is 1. The van der Waals surface area contributed by atoms with Crippen LogP contribution in [0.1, 0.15) is 20.7 Å². The van der Waals surface area contributed by atoms with Crippen LogP contribution in [0.25, 0.3) is 0 Å². The maximum absolute atomic E-state index is 4.23. The number of thiazole rings is 1. The molecule has 1 rings (SSSR count). The summed E-state index contributed by atoms with van der Waals surface area (Å²) in [6.07, 6.45) is 1.93. The zero-order valence-corrected chi connectivity index (χ0v) is 8.36. The fourth-order valence-corrected chi connectivity index (χ4v) is 1.80. The summed E-state index contributed by atoms with van der Waals surface area (Å²) >= 11 is 4.15. The summed E-state index contributed by atoms with van der Waals surface area (Å²) in [7, 11) is 0. The molecule has 0 N–H and O–H groups in total. The van der Waals surface area contributed by atoms with Crippen LogP contribution < -0.4 is 0 Å². The third kappa shape index (κ3) is 1.89. The topological polar surface area (TPSA) is 12.9 Å². The van der Waals surface area contributed by atoms with Gasteiger partial charge in [0.05, 0.1) is 3.92 Å². The van der Waals surface area contributed by atoms with Crippen molar-refractivity contribution in [3.05, 3.63) is 16.1 Å². The van der Waals surface area contributed by atoms with Crippen LogP contribution in [0.3, 0.4) is 0 Å². The van der Waals surface area contributed by atoms with E-state index in [1.807, 2.05) is 6.20 Å². The van der Waals surface area contributed by atoms with Crippen LogP contribution in [0.15, 0.2) is 6.20 Å². The van der Waals surface area contributed by atoms with Gasteiger partial charge in [-0.2, -0.15) is 0 Å². The highest BCUT2D eigenvalue weighted by molar-refractivity contribution is 14.1. The van der Waals surface area contributed by atoms with Gasteiger partial charge in [-0.15, -0.1) is 11.3 Å². The Hall–Kier alpha value is 0.360. The van der Waals surface area contributed by atoms with Crippen molar-refractivity contribution in [2.45, 2.75) is 17.8 Å². The quantitative estimate of drug-likeness (QED) is 0.554. The molecule has 1 nitrogen and oxygen atoms in total. The minimum atomic E-state index is 0.557. The van der Waals surface area contributed by atoms with Gasteiger partial charge in [-0.1, -0.05) is 22.6 Å². The van der Waals surface area contributed by atoms with Gasteiger partial charge in [0.15, 0.2) is 0 Å². The number of hydrogen-bond donors (Lipinski definition) is 0. The summed E-state index contributed by atoms with van der Waals surface area (Å²) in [6, 6.07) is 0. The first-order valence-electron chi connectivity index (χ1n) is 2.76. The summed E-state index contributed by atoms with van der Waals surface area (Å²) in [5, 5.41) is 1.23. The summed E-state index contributed by atoms with van der Waals surface area (Å²) in [5.74, 6) is 0. The van der Waals surface area contributed by atoms with E-state index in [1.54, 1.807) is 11.3 Å². The van der Waals surface area contributed by atoms with Crippen molar-refractivity contribution in [3.8, 4) is 0 Å². The van der Waals surface area contributed by atoms with Gasteiger partial charge in [-0.05, 0) is 13.8 Å². The predicted octanol–water partition coefficient (Wildman–Crippen LogP) is 2.95. The number of halogens is 1. The third-order valence-electron chi connectivity index (χ3n) is 0.979. The van der Waals surface area contributed by atoms with Crippen LogP contribution in [0.5, 0.6) is 0 Å². The molecule has 9 heavy (non-hydrogen) atoms. The van der Waals surface area contributed by atoms with Crippen molar-refractivity contribution in [3.63, 3.8) is 0 Å². The molecule has 0 radical (unpaired) electrons. The van der Waals surface area contributed by atoms with E-state index in [2.05, 4.69) is 41.4 Å². The monoisotopic (exact) mass is 253 g/mol. The Bertz CT molecular complexity index is 195. The molecule has 0 fully saturated rings. The molecule has 0 saturated carbocycles. The molecule has 3 heteroatoms. The average Bonchev–Trinajstić information content (AvgIpc) is 2.14. The van der Waals surface area contributed by atoms with Gasteiger partial charge in [0.1, 0.15) is 5.01 Å². The molecule has 1 aromatic heterocycles. The molecule has 50 valence electrons. The minimum absolute atomic E-state index is 0.557. The average molecular weight is 253 g/mol. The van der Waals surface area contributed by atoms with Crippen molar-refractivity contribution in [1.82, 2.24) is 4.98 Å². The number of aromatic nitrogens is 1. The third-order valence-corrected chi connectivity index (χ3v) is 3.09. The normalized spacial score (nSPS) is 13.7. The van der Waals surface area contributed by atoms with Gasteiger partial charge < -0.3 is 0 Å². The maximum Gasteiger partial charge on any atom is 0.105 e. The van der Waals surface area contributed by atoms with Gasteiger partial charge in [-0.3, -0.25) is 0 Å². The lowest BCUT2D eigenvalue weighted by molar-refractivity contribution is 1.10. The van der Waals surface area contributed by atoms with Crippen LogP contribution in [0.2, 0.25) is 0 Å². The summed E-state index contributed by atoms with van der Waals surface area (Å²) in [5.41, 5.74) is 0. The first-order chi connectivity index (χ1) is 4.20. The number of hydrogen-bond acceptors (Lipinski definition) is 2. The van der Waals surface area contributed by atoms with Crippen molar-refractivity contribution in [2.75, 3.05) is 0 Å². The Morgan fingerprint density at radius 1 is 1.78 bits per heavy atom. The molecular weight excluding hydrogens is 245 g/mol. The number of alkyl halides is 1. The summed E-state index contributed by atoms with van der Waals surface area (Å²) in [6.45, 7) is 4.24. The number of rotatable bonds is 1. The Balaban J connectivity index is 2.85. The first-order valence-corrected chi connectivity index (χ1v) is 4.83. The zero-order valence-electron chi connectivity index (χ0n) is 5.39. The van der Waals surface area contributed by atoms with E-state index in [1.165, 1.54) is 9.88 Å². The second-order valence-corrected chi connectivity index (χ2v) is 5.06. The molecule has 0 bridgehead atoms. The molecule has 0 aliphatic carbocycles. The van der Waals surface area contributed by atoms with Crippen molar-refractivity contribution >= 4 is 33.9 Å². The molecule has 0 amide bonds. The molecule has 1 aromatic rings. The largest absolute Gasteiger partial charge is 0.248 e. The van der Waals surface area contributed by atoms with E-state index < -0.39 is 0 Å². The van der Waals surface area contributed by atoms with E-state index >= 15 is 0 Å². The standard InChI is InChI=1S/C6H8INS/c1-4-3-8-6(9-4)5(2)7/h3,5H,1-2H3/t5-/m1/s1. The molecule has 0 saturated heterocycles. The highest BCUT2D eigenvalue weighted by Gasteiger charge is 2.02. The van der Waals surface area contributed by atoms with Gasteiger partial charge in [0.2, 0.25) is 0 Å². The Morgan fingerprint density at radius 2 is 2.44 bits per heavy atom. The van der Waals surface area contributed by atoms with E-state index in [0.29, 0.717) is 3.92 Å². The molecule has 0 spiro atoms. The second-order valence-electron chi connectivity index (χ2n) is 1.93. The Morgan fingerprint density at radius 3 is 2.67 bits per heavy atom. The van der Waals surface area contributed by atoms with Gasteiger partial charge in [0.25, 0.3) is 0 Å². The molecule has 0 aromatic carbocycles. The van der Waals surface area contributed by atoms with E-state index in [-0.39, 0.29) is 0 Å². The van der Waals surface area contributed by atoms with E-state index in [4.69, 9.17) is 0 Å². The first kappa shape index (κ1) is 7.47. The Labute approximate surface area is 72.6 Å². The Kier molecular flexibility index (Phi) is 2.46. The van der Waals surface area contributed by atoms with Gasteiger partial charge >= 0.3 is 0 Å². The second kappa shape index (κ2) is 2.96. The van der Waals surface area contributed by atoms with Crippen LogP contribution in [-0.4, -0.2) is 4.98 Å². The fraction of sp³-hybridized carbons (Fsp3) is 0.500. The van der Waals surface area contributed by atoms with Crippen LogP contribution in [-0.2, 0) is 0 Å². The predicted molar refractivity (Wildman–Crippen MR) is 49.3 cm³/mol. The SMILES string of the molecule is Cc1cnc([C@@H](C)I)s1. The lowest BCUT2D eigenvalue weighted by Gasteiger charge is -1.92. The highest BCUT2D eigenvalue weighted by Crippen LogP contribution is 2.25. The van der Waals surface area contributed by atoms with E-state index in [9.17, 15) is 0 Å². The van der Waals surface area contributed by atoms with Crippen LogP contribution >= 0.6 is 33.9 Å². The molecule has 0 aliphatic heterocycles. The molecule has 1 heterocycles. The number of aryl methyl sites for hydroxylation is 1. The van der Waals surface area contributed by atoms with Crippen LogP contribution in [0.4, 0.5) is 0 Å². The highest BCUT2D eigenvalue weighted by atomic mass is 127. The fourth-order valence-electron chi connectivity index (χ4n) is 0.556. The van der Waals surface area contributed by atoms with E-state index in [0.717, 1.165) is 0 Å². The minimum Gasteiger partial charge on any atom is -0.248 e. The maximum atomic E-state index is 4.23. The zero-order chi connectivity index (χ0) is 6.85. The van der Waals surface area contributed by atoms with Gasteiger partial charge in [0, 0.05) is 11.1 Å². The summed E-state index contributed by atoms with van der Waals surface area (Å²) in [4.78, 5) is 5.53. The molecule has 0 aliphatic rings. The van der Waals surface area contributed by atoms with Crippen molar-refractivity contribution in [1.29, 1.82) is 0 Å². The van der Waals surface area contributed by atoms with Crippen molar-refractivity contribution < 1.29 is 0 Å². The molecule has 1 atom stereocenters. The van der Waals surface area contributed by atoms with Crippen molar-refractivity contribution in [2.24, 2.45) is 0 Å². The lowest BCUT2D eigenvalue weighted by atomic mass is 10.5. The van der Waals surface area contributed by atoms with Crippen LogP contribution in [0, 0.1) is 6.92 Å². The molecular formula is C6H8INS. The van der Waals surface area contributed by atoms with Gasteiger partial charge in [-0.25, -0.2) is 4.98 Å².